The topological polar surface area (TPSA) is 77.0 Å². The lowest BCUT2D eigenvalue weighted by atomic mass is 10.1. The Bertz CT molecular complexity index is 454. The third kappa shape index (κ3) is 3.30. The van der Waals surface area contributed by atoms with E-state index in [1.54, 1.807) is 11.3 Å². The van der Waals surface area contributed by atoms with E-state index in [9.17, 15) is 0 Å². The molecule has 0 aliphatic heterocycles. The zero-order valence-corrected chi connectivity index (χ0v) is 11.2. The maximum Gasteiger partial charge on any atom is 0.315 e. The van der Waals surface area contributed by atoms with Crippen molar-refractivity contribution in [2.45, 2.75) is 32.2 Å². The molecule has 2 aromatic rings. The number of nitrogens with one attached hydrogen (secondary N) is 1. The van der Waals surface area contributed by atoms with E-state index in [0.717, 1.165) is 12.8 Å². The van der Waals surface area contributed by atoms with Crippen LogP contribution >= 0.6 is 11.3 Å². The van der Waals surface area contributed by atoms with E-state index in [1.165, 1.54) is 4.88 Å². The molecule has 5 nitrogen and oxygen atoms in total. The first-order valence-corrected chi connectivity index (χ1v) is 7.03. The van der Waals surface area contributed by atoms with Crippen LogP contribution in [-0.2, 0) is 6.42 Å². The standard InChI is InChI=1S/C12H18N4OS/c1-2-4-9(10-5-3-8-18-10)14-12-16-15-11(17-12)6-7-13/h3,5,8-9H,2,4,6-7,13H2,1H3,(H,14,16). The van der Waals surface area contributed by atoms with Crippen LogP contribution in [0.4, 0.5) is 6.01 Å². The van der Waals surface area contributed by atoms with Crippen LogP contribution in [0.1, 0.15) is 36.6 Å². The van der Waals surface area contributed by atoms with Crippen LogP contribution < -0.4 is 11.1 Å². The third-order valence-corrected chi connectivity index (χ3v) is 3.57. The van der Waals surface area contributed by atoms with E-state index >= 15 is 0 Å². The van der Waals surface area contributed by atoms with Gasteiger partial charge in [-0.05, 0) is 17.9 Å². The van der Waals surface area contributed by atoms with Crippen molar-refractivity contribution >= 4 is 17.4 Å². The predicted molar refractivity (Wildman–Crippen MR) is 72.6 cm³/mol. The zero-order valence-electron chi connectivity index (χ0n) is 10.4. The minimum absolute atomic E-state index is 0.237. The van der Waals surface area contributed by atoms with Gasteiger partial charge in [-0.3, -0.25) is 0 Å². The fourth-order valence-electron chi connectivity index (χ4n) is 1.75. The summed E-state index contributed by atoms with van der Waals surface area (Å²) in [5, 5.41) is 13.3. The molecule has 1 atom stereocenters. The quantitative estimate of drug-likeness (QED) is 0.805. The van der Waals surface area contributed by atoms with Gasteiger partial charge >= 0.3 is 6.01 Å². The molecule has 0 amide bonds. The van der Waals surface area contributed by atoms with Crippen LogP contribution in [0.5, 0.6) is 0 Å². The molecule has 0 saturated heterocycles. The molecule has 98 valence electrons. The predicted octanol–water partition coefficient (Wildman–Crippen LogP) is 2.59. The van der Waals surface area contributed by atoms with Gasteiger partial charge in [-0.2, -0.15) is 0 Å². The lowest BCUT2D eigenvalue weighted by Gasteiger charge is -2.14. The number of hydrogen-bond acceptors (Lipinski definition) is 6. The molecular weight excluding hydrogens is 248 g/mol. The SMILES string of the molecule is CCCC(Nc1nnc(CCN)o1)c1cccs1. The normalized spacial score (nSPS) is 12.6. The van der Waals surface area contributed by atoms with Gasteiger partial charge < -0.3 is 15.5 Å². The van der Waals surface area contributed by atoms with E-state index in [-0.39, 0.29) is 6.04 Å². The molecule has 0 aromatic carbocycles. The van der Waals surface area contributed by atoms with Gasteiger partial charge in [-0.1, -0.05) is 24.5 Å². The first kappa shape index (κ1) is 13.0. The van der Waals surface area contributed by atoms with Crippen molar-refractivity contribution < 1.29 is 4.42 Å². The number of nitrogens with zero attached hydrogens (tertiary/aromatic N) is 2. The molecule has 6 heteroatoms. The number of thiophene rings is 1. The molecule has 0 bridgehead atoms. The first-order valence-electron chi connectivity index (χ1n) is 6.16. The van der Waals surface area contributed by atoms with Crippen LogP contribution in [0.25, 0.3) is 0 Å². The molecule has 0 spiro atoms. The van der Waals surface area contributed by atoms with E-state index in [0.29, 0.717) is 24.9 Å². The smallest absolute Gasteiger partial charge is 0.315 e. The highest BCUT2D eigenvalue weighted by Gasteiger charge is 2.14. The van der Waals surface area contributed by atoms with E-state index in [2.05, 4.69) is 40.0 Å². The number of aromatic nitrogens is 2. The lowest BCUT2D eigenvalue weighted by molar-refractivity contribution is 0.497. The van der Waals surface area contributed by atoms with Gasteiger partial charge in [0.25, 0.3) is 0 Å². The Balaban J connectivity index is 2.03. The van der Waals surface area contributed by atoms with Crippen molar-refractivity contribution in [1.29, 1.82) is 0 Å². The molecule has 18 heavy (non-hydrogen) atoms. The second-order valence-corrected chi connectivity index (χ2v) is 5.02. The molecule has 2 aromatic heterocycles. The number of rotatable bonds is 7. The molecule has 0 saturated carbocycles. The van der Waals surface area contributed by atoms with Gasteiger partial charge in [0, 0.05) is 17.8 Å². The van der Waals surface area contributed by atoms with E-state index in [1.807, 2.05) is 0 Å². The maximum absolute atomic E-state index is 5.49. The molecule has 0 aliphatic carbocycles. The number of hydrogen-bond donors (Lipinski definition) is 2. The summed E-state index contributed by atoms with van der Waals surface area (Å²) in [6.45, 7) is 2.68. The van der Waals surface area contributed by atoms with E-state index < -0.39 is 0 Å². The van der Waals surface area contributed by atoms with Crippen molar-refractivity contribution in [3.8, 4) is 0 Å². The number of nitrogens with two attached hydrogens (primary N) is 1. The minimum Gasteiger partial charge on any atom is -0.408 e. The van der Waals surface area contributed by atoms with Gasteiger partial charge in [-0.15, -0.1) is 16.4 Å². The van der Waals surface area contributed by atoms with E-state index in [4.69, 9.17) is 10.2 Å². The van der Waals surface area contributed by atoms with Crippen molar-refractivity contribution in [1.82, 2.24) is 10.2 Å². The Morgan fingerprint density at radius 2 is 2.39 bits per heavy atom. The highest BCUT2D eigenvalue weighted by molar-refractivity contribution is 7.10. The monoisotopic (exact) mass is 266 g/mol. The van der Waals surface area contributed by atoms with Gasteiger partial charge in [-0.25, -0.2) is 0 Å². The van der Waals surface area contributed by atoms with Crippen LogP contribution in [0, 0.1) is 0 Å². The summed E-state index contributed by atoms with van der Waals surface area (Å²) >= 11 is 1.73. The van der Waals surface area contributed by atoms with Gasteiger partial charge in [0.2, 0.25) is 5.89 Å². The van der Waals surface area contributed by atoms with Crippen molar-refractivity contribution in [2.75, 3.05) is 11.9 Å². The summed E-state index contributed by atoms with van der Waals surface area (Å²) < 4.78 is 5.49. The van der Waals surface area contributed by atoms with Gasteiger partial charge in [0.1, 0.15) is 0 Å². The third-order valence-electron chi connectivity index (χ3n) is 2.59. The summed E-state index contributed by atoms with van der Waals surface area (Å²) in [6, 6.07) is 4.89. The summed E-state index contributed by atoms with van der Waals surface area (Å²) in [5.41, 5.74) is 5.45. The Hall–Kier alpha value is -1.40. The van der Waals surface area contributed by atoms with Gasteiger partial charge in [0.05, 0.1) is 6.04 Å². The molecule has 0 aliphatic rings. The second kappa shape index (κ2) is 6.51. The summed E-state index contributed by atoms with van der Waals surface area (Å²) in [4.78, 5) is 1.29. The minimum atomic E-state index is 0.237. The molecule has 0 radical (unpaired) electrons. The summed E-state index contributed by atoms with van der Waals surface area (Å²) in [5.74, 6) is 0.585. The second-order valence-electron chi connectivity index (χ2n) is 4.04. The van der Waals surface area contributed by atoms with Gasteiger partial charge in [0.15, 0.2) is 0 Å². The average Bonchev–Trinajstić information content (AvgIpc) is 3.00. The number of anilines is 1. The van der Waals surface area contributed by atoms with Crippen molar-refractivity contribution in [2.24, 2.45) is 5.73 Å². The average molecular weight is 266 g/mol. The maximum atomic E-state index is 5.49. The largest absolute Gasteiger partial charge is 0.408 e. The molecule has 3 N–H and O–H groups in total. The summed E-state index contributed by atoms with van der Waals surface area (Å²) in [7, 11) is 0. The molecule has 0 fully saturated rings. The summed E-state index contributed by atoms with van der Waals surface area (Å²) in [6.07, 6.45) is 2.75. The molecule has 1 unspecified atom stereocenters. The zero-order chi connectivity index (χ0) is 12.8. The highest BCUT2D eigenvalue weighted by Crippen LogP contribution is 2.26. The highest BCUT2D eigenvalue weighted by atomic mass is 32.1. The van der Waals surface area contributed by atoms with Crippen LogP contribution in [0.3, 0.4) is 0 Å². The fourth-order valence-corrected chi connectivity index (χ4v) is 2.56. The van der Waals surface area contributed by atoms with Crippen LogP contribution in [0.2, 0.25) is 0 Å². The van der Waals surface area contributed by atoms with Crippen molar-refractivity contribution in [3.05, 3.63) is 28.3 Å². The lowest BCUT2D eigenvalue weighted by Crippen LogP contribution is -2.09. The molecule has 2 rings (SSSR count). The van der Waals surface area contributed by atoms with Crippen LogP contribution in [0.15, 0.2) is 21.9 Å². The Morgan fingerprint density at radius 3 is 3.06 bits per heavy atom. The Labute approximate surface area is 110 Å². The Kier molecular flexibility index (Phi) is 4.72. The van der Waals surface area contributed by atoms with Crippen LogP contribution in [-0.4, -0.2) is 16.7 Å². The first-order chi connectivity index (χ1) is 8.83. The van der Waals surface area contributed by atoms with Crippen molar-refractivity contribution in [3.63, 3.8) is 0 Å². The fraction of sp³-hybridized carbons (Fsp3) is 0.500. The molecule has 2 heterocycles. The Morgan fingerprint density at radius 1 is 1.50 bits per heavy atom. The molecular formula is C12H18N4OS.